The quantitative estimate of drug-likeness (QED) is 0.912. The standard InChI is InChI=1S/C18H21NO3S/c1-13-8-10-15(11-9-13)23(20,21)17-16(18(17,19)12-22-2)14-6-4-3-5-7-14/h3-11,16-17H,12,19H2,1-2H3/t16-,17-,18+/m0/s1. The van der Waals surface area contributed by atoms with Crippen LogP contribution in [0.3, 0.4) is 0 Å². The lowest BCUT2D eigenvalue weighted by Gasteiger charge is -2.11. The molecule has 23 heavy (non-hydrogen) atoms. The van der Waals surface area contributed by atoms with E-state index in [4.69, 9.17) is 10.5 Å². The third-order valence-electron chi connectivity index (χ3n) is 4.54. The van der Waals surface area contributed by atoms with E-state index >= 15 is 0 Å². The van der Waals surface area contributed by atoms with Gasteiger partial charge in [-0.1, -0.05) is 48.0 Å². The summed E-state index contributed by atoms with van der Waals surface area (Å²) in [6.45, 7) is 2.14. The third kappa shape index (κ3) is 2.69. The highest BCUT2D eigenvalue weighted by Crippen LogP contribution is 2.55. The van der Waals surface area contributed by atoms with Crippen LogP contribution in [-0.4, -0.2) is 32.9 Å². The van der Waals surface area contributed by atoms with Crippen LogP contribution in [0.5, 0.6) is 0 Å². The van der Waals surface area contributed by atoms with Crippen LogP contribution < -0.4 is 5.73 Å². The fourth-order valence-electron chi connectivity index (χ4n) is 3.33. The molecule has 1 saturated carbocycles. The summed E-state index contributed by atoms with van der Waals surface area (Å²) in [4.78, 5) is 0.317. The van der Waals surface area contributed by atoms with Crippen LogP contribution in [-0.2, 0) is 14.6 Å². The number of hydrogen-bond acceptors (Lipinski definition) is 4. The monoisotopic (exact) mass is 331 g/mol. The molecule has 4 nitrogen and oxygen atoms in total. The minimum Gasteiger partial charge on any atom is -0.383 e. The minimum atomic E-state index is -3.51. The van der Waals surface area contributed by atoms with Gasteiger partial charge >= 0.3 is 0 Å². The molecule has 0 aromatic heterocycles. The molecule has 2 aromatic rings. The second-order valence-corrected chi connectivity index (χ2v) is 8.28. The zero-order chi connectivity index (χ0) is 16.7. The topological polar surface area (TPSA) is 69.4 Å². The molecule has 1 aliphatic carbocycles. The van der Waals surface area contributed by atoms with Gasteiger partial charge in [-0.2, -0.15) is 0 Å². The number of sulfone groups is 1. The number of aryl methyl sites for hydroxylation is 1. The van der Waals surface area contributed by atoms with Crippen LogP contribution >= 0.6 is 0 Å². The first-order chi connectivity index (χ1) is 10.9. The van der Waals surface area contributed by atoms with Crippen molar-refractivity contribution in [1.29, 1.82) is 0 Å². The molecule has 0 amide bonds. The Morgan fingerprint density at radius 2 is 1.70 bits per heavy atom. The molecule has 0 radical (unpaired) electrons. The zero-order valence-corrected chi connectivity index (χ0v) is 14.1. The van der Waals surface area contributed by atoms with E-state index in [1.165, 1.54) is 0 Å². The number of rotatable bonds is 5. The predicted molar refractivity (Wildman–Crippen MR) is 90.1 cm³/mol. The lowest BCUT2D eigenvalue weighted by Crippen LogP contribution is -2.35. The number of benzene rings is 2. The van der Waals surface area contributed by atoms with Gasteiger partial charge in [0.1, 0.15) is 0 Å². The zero-order valence-electron chi connectivity index (χ0n) is 13.3. The van der Waals surface area contributed by atoms with Crippen molar-refractivity contribution in [3.05, 3.63) is 65.7 Å². The molecular formula is C18H21NO3S. The highest BCUT2D eigenvalue weighted by molar-refractivity contribution is 7.92. The average molecular weight is 331 g/mol. The van der Waals surface area contributed by atoms with Crippen molar-refractivity contribution in [2.45, 2.75) is 28.5 Å². The van der Waals surface area contributed by atoms with Gasteiger partial charge in [0.25, 0.3) is 0 Å². The lowest BCUT2D eigenvalue weighted by atomic mass is 10.1. The first kappa shape index (κ1) is 16.2. The number of ether oxygens (including phenoxy) is 1. The highest BCUT2D eigenvalue weighted by atomic mass is 32.2. The summed E-state index contributed by atoms with van der Waals surface area (Å²) in [7, 11) is -1.97. The Morgan fingerprint density at radius 1 is 1.09 bits per heavy atom. The van der Waals surface area contributed by atoms with Gasteiger partial charge in [-0.25, -0.2) is 8.42 Å². The van der Waals surface area contributed by atoms with E-state index in [0.29, 0.717) is 4.90 Å². The van der Waals surface area contributed by atoms with Gasteiger partial charge in [-0.05, 0) is 24.6 Å². The summed E-state index contributed by atoms with van der Waals surface area (Å²) in [5.74, 6) is -0.255. The molecule has 1 fully saturated rings. The molecule has 0 bridgehead atoms. The molecule has 5 heteroatoms. The van der Waals surface area contributed by atoms with Gasteiger partial charge in [0.2, 0.25) is 0 Å². The Morgan fingerprint density at radius 3 is 2.26 bits per heavy atom. The maximum atomic E-state index is 13.0. The van der Waals surface area contributed by atoms with E-state index in [2.05, 4.69) is 0 Å². The Labute approximate surface area is 137 Å². The van der Waals surface area contributed by atoms with E-state index in [1.807, 2.05) is 37.3 Å². The number of nitrogens with two attached hydrogens (primary N) is 1. The van der Waals surface area contributed by atoms with Crippen molar-refractivity contribution in [3.63, 3.8) is 0 Å². The minimum absolute atomic E-state index is 0.211. The van der Waals surface area contributed by atoms with Crippen molar-refractivity contribution in [3.8, 4) is 0 Å². The molecule has 3 atom stereocenters. The first-order valence-electron chi connectivity index (χ1n) is 7.54. The molecule has 3 rings (SSSR count). The molecule has 0 heterocycles. The molecule has 0 unspecified atom stereocenters. The number of methoxy groups -OCH3 is 1. The first-order valence-corrected chi connectivity index (χ1v) is 9.09. The normalized spacial score (nSPS) is 26.9. The van der Waals surface area contributed by atoms with Crippen molar-refractivity contribution in [2.75, 3.05) is 13.7 Å². The smallest absolute Gasteiger partial charge is 0.183 e. The van der Waals surface area contributed by atoms with Gasteiger partial charge in [0.15, 0.2) is 9.84 Å². The molecule has 122 valence electrons. The maximum absolute atomic E-state index is 13.0. The summed E-state index contributed by atoms with van der Waals surface area (Å²) in [6, 6.07) is 16.5. The molecule has 0 saturated heterocycles. The van der Waals surface area contributed by atoms with E-state index in [0.717, 1.165) is 11.1 Å². The van der Waals surface area contributed by atoms with Gasteiger partial charge in [0, 0.05) is 13.0 Å². The fraction of sp³-hybridized carbons (Fsp3) is 0.333. The summed E-state index contributed by atoms with van der Waals surface area (Å²) < 4.78 is 31.3. The van der Waals surface area contributed by atoms with Gasteiger partial charge in [0.05, 0.1) is 22.3 Å². The second kappa shape index (κ2) is 5.74. The Bertz CT molecular complexity index is 787. The third-order valence-corrected chi connectivity index (χ3v) is 6.85. The Kier molecular flexibility index (Phi) is 4.04. The molecule has 0 spiro atoms. The number of hydrogen-bond donors (Lipinski definition) is 1. The van der Waals surface area contributed by atoms with Crippen LogP contribution in [0.15, 0.2) is 59.5 Å². The molecule has 1 aliphatic rings. The van der Waals surface area contributed by atoms with Crippen LogP contribution in [0.4, 0.5) is 0 Å². The van der Waals surface area contributed by atoms with Crippen LogP contribution in [0.2, 0.25) is 0 Å². The van der Waals surface area contributed by atoms with E-state index in [-0.39, 0.29) is 12.5 Å². The molecule has 0 aliphatic heterocycles. The predicted octanol–water partition coefficient (Wildman–Crippen LogP) is 2.28. The van der Waals surface area contributed by atoms with Gasteiger partial charge in [-0.15, -0.1) is 0 Å². The van der Waals surface area contributed by atoms with Gasteiger partial charge < -0.3 is 10.5 Å². The van der Waals surface area contributed by atoms with Crippen LogP contribution in [0.25, 0.3) is 0 Å². The lowest BCUT2D eigenvalue weighted by molar-refractivity contribution is 0.171. The fourth-order valence-corrected chi connectivity index (χ4v) is 5.62. The molecule has 2 N–H and O–H groups in total. The summed E-state index contributed by atoms with van der Waals surface area (Å²) in [5, 5.41) is -0.667. The summed E-state index contributed by atoms with van der Waals surface area (Å²) in [5.41, 5.74) is 7.50. The second-order valence-electron chi connectivity index (χ2n) is 6.21. The molecule has 2 aromatic carbocycles. The van der Waals surface area contributed by atoms with Crippen molar-refractivity contribution >= 4 is 9.84 Å². The highest BCUT2D eigenvalue weighted by Gasteiger charge is 2.69. The molecular weight excluding hydrogens is 310 g/mol. The van der Waals surface area contributed by atoms with Crippen molar-refractivity contribution in [2.24, 2.45) is 5.73 Å². The SMILES string of the molecule is COC[C@@]1(N)[C@@H](c2ccccc2)[C@@H]1S(=O)(=O)c1ccc(C)cc1. The summed E-state index contributed by atoms with van der Waals surface area (Å²) in [6.07, 6.45) is 0. The Hall–Kier alpha value is -1.69. The van der Waals surface area contributed by atoms with E-state index < -0.39 is 20.6 Å². The largest absolute Gasteiger partial charge is 0.383 e. The average Bonchev–Trinajstić information content (AvgIpc) is 3.15. The van der Waals surface area contributed by atoms with E-state index in [1.54, 1.807) is 31.4 Å². The maximum Gasteiger partial charge on any atom is 0.183 e. The Balaban J connectivity index is 2.01. The van der Waals surface area contributed by atoms with Crippen LogP contribution in [0, 0.1) is 6.92 Å². The van der Waals surface area contributed by atoms with Crippen molar-refractivity contribution < 1.29 is 13.2 Å². The van der Waals surface area contributed by atoms with Crippen LogP contribution in [0.1, 0.15) is 17.0 Å². The van der Waals surface area contributed by atoms with E-state index in [9.17, 15) is 8.42 Å². The van der Waals surface area contributed by atoms with Gasteiger partial charge in [-0.3, -0.25) is 0 Å². The summed E-state index contributed by atoms with van der Waals surface area (Å²) >= 11 is 0. The van der Waals surface area contributed by atoms with Crippen molar-refractivity contribution in [1.82, 2.24) is 0 Å².